The lowest BCUT2D eigenvalue weighted by Gasteiger charge is -2.26. The van der Waals surface area contributed by atoms with Gasteiger partial charge in [0.05, 0.1) is 22.8 Å². The fourth-order valence-electron chi connectivity index (χ4n) is 4.92. The number of nitrogens with one attached hydrogen (secondary N) is 1. The van der Waals surface area contributed by atoms with Gasteiger partial charge in [0, 0.05) is 24.4 Å². The van der Waals surface area contributed by atoms with Gasteiger partial charge in [-0.05, 0) is 54.7 Å². The summed E-state index contributed by atoms with van der Waals surface area (Å²) < 4.78 is 12.9. The molecule has 37 heavy (non-hydrogen) atoms. The molecule has 1 fully saturated rings. The average molecular weight is 514 g/mol. The van der Waals surface area contributed by atoms with Crippen LogP contribution in [0.2, 0.25) is 5.02 Å². The van der Waals surface area contributed by atoms with Crippen molar-refractivity contribution in [2.75, 3.05) is 6.54 Å². The van der Waals surface area contributed by atoms with Crippen molar-refractivity contribution in [3.63, 3.8) is 0 Å². The van der Waals surface area contributed by atoms with Crippen LogP contribution in [0.1, 0.15) is 40.5 Å². The number of nitrogens with zero attached hydrogens (tertiary/aromatic N) is 4. The van der Waals surface area contributed by atoms with Crippen molar-refractivity contribution in [3.05, 3.63) is 99.4 Å². The molecule has 1 atom stereocenters. The summed E-state index contributed by atoms with van der Waals surface area (Å²) in [7, 11) is 0. The molecule has 1 saturated carbocycles. The highest BCUT2D eigenvalue weighted by Gasteiger charge is 2.44. The van der Waals surface area contributed by atoms with Gasteiger partial charge < -0.3 is 14.1 Å². The van der Waals surface area contributed by atoms with Crippen LogP contribution in [0.5, 0.6) is 11.6 Å². The molecular weight excluding hydrogens is 494 g/mol. The minimum atomic E-state index is -0.558. The number of hydrogen-bond donors (Lipinski definition) is 1. The fourth-order valence-corrected chi connectivity index (χ4v) is 5.03. The third-order valence-electron chi connectivity index (χ3n) is 6.77. The number of benzene rings is 2. The maximum absolute atomic E-state index is 13.9. The zero-order valence-corrected chi connectivity index (χ0v) is 20.2. The van der Waals surface area contributed by atoms with Crippen molar-refractivity contribution in [2.24, 2.45) is 5.92 Å². The third-order valence-corrected chi connectivity index (χ3v) is 6.99. The molecule has 2 aromatic carbocycles. The van der Waals surface area contributed by atoms with Gasteiger partial charge in [0.1, 0.15) is 17.1 Å². The van der Waals surface area contributed by atoms with Gasteiger partial charge in [-0.1, -0.05) is 29.8 Å². The number of oxazole rings is 1. The molecule has 5 aromatic rings. The molecule has 2 aliphatic rings. The Morgan fingerprint density at radius 1 is 1.08 bits per heavy atom. The van der Waals surface area contributed by atoms with Crippen LogP contribution in [0.4, 0.5) is 0 Å². The van der Waals surface area contributed by atoms with Gasteiger partial charge in [-0.25, -0.2) is 14.5 Å². The van der Waals surface area contributed by atoms with Crippen molar-refractivity contribution in [1.82, 2.24) is 24.6 Å². The Hall–Kier alpha value is -4.37. The van der Waals surface area contributed by atoms with Gasteiger partial charge in [0.25, 0.3) is 5.91 Å². The lowest BCUT2D eigenvalue weighted by molar-refractivity contribution is 0.0732. The molecule has 1 amide bonds. The first-order chi connectivity index (χ1) is 18.0. The molecule has 4 heterocycles. The van der Waals surface area contributed by atoms with Crippen molar-refractivity contribution in [3.8, 4) is 17.3 Å². The van der Waals surface area contributed by atoms with Crippen LogP contribution < -0.4 is 10.5 Å². The number of pyridine rings is 1. The number of rotatable bonds is 6. The largest absolute Gasteiger partial charge is 0.439 e. The van der Waals surface area contributed by atoms with E-state index in [0.717, 1.165) is 24.0 Å². The highest BCUT2D eigenvalue weighted by molar-refractivity contribution is 6.30. The summed E-state index contributed by atoms with van der Waals surface area (Å²) >= 11 is 5.94. The molecule has 0 spiro atoms. The highest BCUT2D eigenvalue weighted by Crippen LogP contribution is 2.43. The number of aromatic nitrogens is 4. The topological polar surface area (TPSA) is 106 Å². The van der Waals surface area contributed by atoms with Crippen LogP contribution in [0.25, 0.3) is 16.8 Å². The number of carbonyl (C=O) groups excluding carboxylic acids is 1. The van der Waals surface area contributed by atoms with Crippen LogP contribution in [0, 0.1) is 5.92 Å². The molecule has 0 saturated heterocycles. The number of hydrogen-bond acceptors (Lipinski definition) is 6. The van der Waals surface area contributed by atoms with Gasteiger partial charge >= 0.3 is 5.76 Å². The second-order valence-electron chi connectivity index (χ2n) is 9.32. The van der Waals surface area contributed by atoms with Crippen molar-refractivity contribution in [2.45, 2.75) is 18.9 Å². The molecule has 184 valence electrons. The summed E-state index contributed by atoms with van der Waals surface area (Å²) in [5.41, 5.74) is 3.60. The van der Waals surface area contributed by atoms with Gasteiger partial charge in [-0.15, -0.1) is 0 Å². The summed E-state index contributed by atoms with van der Waals surface area (Å²) in [6.07, 6.45) is 5.47. The molecule has 0 radical (unpaired) electrons. The second-order valence-corrected chi connectivity index (χ2v) is 9.76. The SMILES string of the molecule is O=C1c2c(cnn2-c2cccc3[nH]c(=O)oc23)C(c2cccc(Oc3ccc(Cl)cn3)c2)N1CC1CC1. The third kappa shape index (κ3) is 3.79. The van der Waals surface area contributed by atoms with E-state index >= 15 is 0 Å². The van der Waals surface area contributed by atoms with Crippen molar-refractivity contribution < 1.29 is 13.9 Å². The van der Waals surface area contributed by atoms with Crippen LogP contribution >= 0.6 is 11.6 Å². The summed E-state index contributed by atoms with van der Waals surface area (Å²) in [6, 6.07) is 16.1. The maximum Gasteiger partial charge on any atom is 0.417 e. The van der Waals surface area contributed by atoms with Crippen LogP contribution in [0.3, 0.4) is 0 Å². The van der Waals surface area contributed by atoms with Crippen molar-refractivity contribution >= 4 is 28.6 Å². The molecule has 9 nitrogen and oxygen atoms in total. The minimum Gasteiger partial charge on any atom is -0.439 e. The van der Waals surface area contributed by atoms with Gasteiger partial charge in [0.15, 0.2) is 5.58 Å². The van der Waals surface area contributed by atoms with Crippen LogP contribution in [0.15, 0.2) is 76.2 Å². The number of halogens is 1. The molecule has 1 unspecified atom stereocenters. The van der Waals surface area contributed by atoms with E-state index in [-0.39, 0.29) is 11.9 Å². The molecule has 1 N–H and O–H groups in total. The Balaban J connectivity index is 1.31. The van der Waals surface area contributed by atoms with E-state index in [1.165, 1.54) is 6.20 Å². The Morgan fingerprint density at radius 2 is 1.95 bits per heavy atom. The summed E-state index contributed by atoms with van der Waals surface area (Å²) in [5, 5.41) is 5.09. The number of para-hydroxylation sites is 1. The van der Waals surface area contributed by atoms with Crippen LogP contribution in [-0.4, -0.2) is 37.1 Å². The molecule has 0 bridgehead atoms. The summed E-state index contributed by atoms with van der Waals surface area (Å²) in [4.78, 5) is 34.5. The molecule has 7 rings (SSSR count). The quantitative estimate of drug-likeness (QED) is 0.338. The first-order valence-corrected chi connectivity index (χ1v) is 12.3. The second kappa shape index (κ2) is 8.35. The Bertz CT molecular complexity index is 1720. The Labute approximate surface area is 215 Å². The van der Waals surface area contributed by atoms with Gasteiger partial charge in [0.2, 0.25) is 5.88 Å². The zero-order valence-electron chi connectivity index (χ0n) is 19.4. The van der Waals surface area contributed by atoms with E-state index in [1.807, 2.05) is 29.2 Å². The van der Waals surface area contributed by atoms with Crippen LogP contribution in [-0.2, 0) is 0 Å². The molecular formula is C27H20ClN5O4. The van der Waals surface area contributed by atoms with E-state index in [1.54, 1.807) is 41.2 Å². The molecule has 10 heteroatoms. The van der Waals surface area contributed by atoms with E-state index in [0.29, 0.717) is 51.6 Å². The number of aromatic amines is 1. The number of carbonyl (C=O) groups is 1. The lowest BCUT2D eigenvalue weighted by atomic mass is 10.0. The zero-order chi connectivity index (χ0) is 25.1. The van der Waals surface area contributed by atoms with Crippen molar-refractivity contribution in [1.29, 1.82) is 0 Å². The first kappa shape index (κ1) is 21.9. The monoisotopic (exact) mass is 513 g/mol. The summed E-state index contributed by atoms with van der Waals surface area (Å²) in [6.45, 7) is 0.658. The highest BCUT2D eigenvalue weighted by atomic mass is 35.5. The number of H-pyrrole nitrogens is 1. The average Bonchev–Trinajstić information content (AvgIpc) is 3.37. The van der Waals surface area contributed by atoms with E-state index in [9.17, 15) is 9.59 Å². The lowest BCUT2D eigenvalue weighted by Crippen LogP contribution is -2.32. The van der Waals surface area contributed by atoms with Gasteiger partial charge in [-0.3, -0.25) is 9.78 Å². The Kier molecular flexibility index (Phi) is 4.93. The number of amides is 1. The summed E-state index contributed by atoms with van der Waals surface area (Å²) in [5.74, 6) is 0.850. The van der Waals surface area contributed by atoms with E-state index < -0.39 is 5.76 Å². The molecule has 3 aromatic heterocycles. The van der Waals surface area contributed by atoms with E-state index in [2.05, 4.69) is 15.1 Å². The predicted molar refractivity (Wildman–Crippen MR) is 135 cm³/mol. The predicted octanol–water partition coefficient (Wildman–Crippen LogP) is 5.10. The normalized spacial score (nSPS) is 16.9. The van der Waals surface area contributed by atoms with Gasteiger partial charge in [-0.2, -0.15) is 5.10 Å². The fraction of sp³-hybridized carbons (Fsp3) is 0.185. The molecule has 1 aliphatic heterocycles. The maximum atomic E-state index is 13.9. The first-order valence-electron chi connectivity index (χ1n) is 12.0. The smallest absolute Gasteiger partial charge is 0.417 e. The standard InChI is InChI=1S/C27H20ClN5O4/c28-17-9-10-22(29-12-17)36-18-4-1-3-16(11-18)23-19-13-30-33(24(19)26(34)32(23)14-15-7-8-15)21-6-2-5-20-25(21)37-27(35)31-20/h1-6,9-13,15,23H,7-8,14H2,(H,31,35). The van der Waals surface area contributed by atoms with E-state index in [4.69, 9.17) is 20.8 Å². The molecule has 1 aliphatic carbocycles. The minimum absolute atomic E-state index is 0.107. The number of ether oxygens (including phenoxy) is 1. The Morgan fingerprint density at radius 3 is 2.76 bits per heavy atom. The number of fused-ring (bicyclic) bond motifs is 2.